The highest BCUT2D eigenvalue weighted by Crippen LogP contribution is 2.40. The second kappa shape index (κ2) is 11.3. The van der Waals surface area contributed by atoms with Gasteiger partial charge in [0.2, 0.25) is 0 Å². The van der Waals surface area contributed by atoms with Crippen LogP contribution in [-0.4, -0.2) is 35.1 Å². The van der Waals surface area contributed by atoms with Gasteiger partial charge >= 0.3 is 0 Å². The van der Waals surface area contributed by atoms with Crippen LogP contribution in [0.5, 0.6) is 11.5 Å². The van der Waals surface area contributed by atoms with Crippen molar-refractivity contribution in [3.8, 4) is 22.6 Å². The average molecular weight is 513 g/mol. The number of anilines is 1. The van der Waals surface area contributed by atoms with Gasteiger partial charge < -0.3 is 20.9 Å². The number of Topliss-reactive ketones (excluding diaryl/α,β-unsaturated/α-hetero) is 1. The van der Waals surface area contributed by atoms with Gasteiger partial charge in [-0.3, -0.25) is 9.78 Å². The van der Waals surface area contributed by atoms with Gasteiger partial charge in [0.15, 0.2) is 17.3 Å². The third-order valence-corrected chi connectivity index (χ3v) is 6.24. The molecule has 1 fully saturated rings. The minimum atomic E-state index is -0.0906. The molecule has 0 saturated heterocycles. The number of halogens is 3. The number of ether oxygens (including phenoxy) is 1. The number of pyridine rings is 1. The third kappa shape index (κ3) is 5.64. The van der Waals surface area contributed by atoms with E-state index in [2.05, 4.69) is 10.3 Å². The molecule has 4 N–H and O–H groups in total. The zero-order valence-electron chi connectivity index (χ0n) is 18.4. The van der Waals surface area contributed by atoms with Crippen molar-refractivity contribution in [1.82, 2.24) is 4.98 Å². The maximum atomic E-state index is 12.4. The Balaban J connectivity index is 0.00000193. The maximum Gasteiger partial charge on any atom is 0.176 e. The van der Waals surface area contributed by atoms with E-state index in [4.69, 9.17) is 22.1 Å². The van der Waals surface area contributed by atoms with Crippen LogP contribution in [0.25, 0.3) is 22.0 Å². The monoisotopic (exact) mass is 511 g/mol. The molecule has 2 aromatic carbocycles. The lowest BCUT2D eigenvalue weighted by molar-refractivity contribution is 0.101. The first-order valence-electron chi connectivity index (χ1n) is 10.4. The summed E-state index contributed by atoms with van der Waals surface area (Å²) in [6, 6.07) is 9.79. The molecule has 9 heteroatoms. The quantitative estimate of drug-likeness (QED) is 0.363. The summed E-state index contributed by atoms with van der Waals surface area (Å²) in [5.41, 5.74) is 9.90. The van der Waals surface area contributed by atoms with Gasteiger partial charge in [-0.15, -0.1) is 24.8 Å². The summed E-state index contributed by atoms with van der Waals surface area (Å²) in [6.45, 7) is 1.55. The Labute approximate surface area is 210 Å². The molecule has 0 spiro atoms. The number of nitrogens with two attached hydrogens (primary N) is 1. The van der Waals surface area contributed by atoms with Crippen LogP contribution in [0.4, 0.5) is 5.69 Å². The van der Waals surface area contributed by atoms with Crippen LogP contribution in [0.15, 0.2) is 36.5 Å². The van der Waals surface area contributed by atoms with Gasteiger partial charge in [-0.2, -0.15) is 0 Å². The molecule has 1 aromatic heterocycles. The lowest BCUT2D eigenvalue weighted by atomic mass is 9.91. The fourth-order valence-corrected chi connectivity index (χ4v) is 4.37. The number of benzene rings is 2. The molecule has 0 unspecified atom stereocenters. The van der Waals surface area contributed by atoms with Crippen molar-refractivity contribution in [2.45, 2.75) is 44.7 Å². The lowest BCUT2D eigenvalue weighted by Gasteiger charge is -2.28. The van der Waals surface area contributed by atoms with Gasteiger partial charge in [0.05, 0.1) is 28.9 Å². The molecule has 0 aliphatic heterocycles. The molecule has 0 bridgehead atoms. The number of hydrogen-bond donors (Lipinski definition) is 3. The summed E-state index contributed by atoms with van der Waals surface area (Å²) < 4.78 is 5.24. The van der Waals surface area contributed by atoms with E-state index in [0.29, 0.717) is 11.3 Å². The predicted molar refractivity (Wildman–Crippen MR) is 139 cm³/mol. The number of ketones is 1. The van der Waals surface area contributed by atoms with E-state index >= 15 is 0 Å². The van der Waals surface area contributed by atoms with E-state index in [1.165, 1.54) is 7.11 Å². The summed E-state index contributed by atoms with van der Waals surface area (Å²) in [6.07, 6.45) is 5.50. The Hall–Kier alpha value is -2.25. The van der Waals surface area contributed by atoms with Gasteiger partial charge in [0.25, 0.3) is 0 Å². The van der Waals surface area contributed by atoms with Crippen molar-refractivity contribution in [2.24, 2.45) is 5.73 Å². The molecule has 4 rings (SSSR count). The third-order valence-electron chi connectivity index (χ3n) is 5.95. The van der Waals surface area contributed by atoms with E-state index in [1.807, 2.05) is 18.2 Å². The topological polar surface area (TPSA) is 97.5 Å². The van der Waals surface area contributed by atoms with Crippen molar-refractivity contribution in [1.29, 1.82) is 0 Å². The Bertz CT molecular complexity index is 1150. The lowest BCUT2D eigenvalue weighted by Crippen LogP contribution is -2.33. The summed E-state index contributed by atoms with van der Waals surface area (Å²) in [4.78, 5) is 16.9. The first-order valence-corrected chi connectivity index (χ1v) is 10.8. The molecule has 0 atom stereocenters. The normalized spacial score (nSPS) is 17.6. The Morgan fingerprint density at radius 2 is 1.85 bits per heavy atom. The number of hydrogen-bond acceptors (Lipinski definition) is 6. The number of carbonyl (C=O) groups excluding carboxylic acids is 1. The second-order valence-corrected chi connectivity index (χ2v) is 8.51. The van der Waals surface area contributed by atoms with Gasteiger partial charge in [0.1, 0.15) is 0 Å². The number of aromatic nitrogens is 1. The minimum Gasteiger partial charge on any atom is -0.503 e. The zero-order valence-corrected chi connectivity index (χ0v) is 20.8. The maximum absolute atomic E-state index is 12.4. The number of phenols is 1. The van der Waals surface area contributed by atoms with Crippen LogP contribution in [0.3, 0.4) is 0 Å². The number of rotatable bonds is 5. The largest absolute Gasteiger partial charge is 0.503 e. The van der Waals surface area contributed by atoms with Crippen molar-refractivity contribution >= 4 is 58.8 Å². The van der Waals surface area contributed by atoms with E-state index < -0.39 is 0 Å². The molecule has 1 aliphatic carbocycles. The summed E-state index contributed by atoms with van der Waals surface area (Å²) >= 11 is 6.19. The molecular weight excluding hydrogens is 485 g/mol. The second-order valence-electron chi connectivity index (χ2n) is 8.10. The molecule has 33 heavy (non-hydrogen) atoms. The van der Waals surface area contributed by atoms with E-state index in [0.717, 1.165) is 53.4 Å². The number of aromatic hydroxyl groups is 1. The van der Waals surface area contributed by atoms with Crippen molar-refractivity contribution < 1.29 is 14.6 Å². The number of phenolic OH excluding ortho intramolecular Hbond substituents is 1. The molecule has 6 nitrogen and oxygen atoms in total. The molecular formula is C24H28Cl3N3O3. The number of methoxy groups -OCH3 is 1. The van der Waals surface area contributed by atoms with Gasteiger partial charge in [0, 0.05) is 23.7 Å². The molecule has 1 aliphatic rings. The van der Waals surface area contributed by atoms with Crippen LogP contribution in [0.2, 0.25) is 5.02 Å². The Kier molecular flexibility index (Phi) is 9.20. The molecule has 1 saturated carbocycles. The van der Waals surface area contributed by atoms with Gasteiger partial charge in [-0.25, -0.2) is 0 Å². The van der Waals surface area contributed by atoms with E-state index in [-0.39, 0.29) is 53.5 Å². The van der Waals surface area contributed by atoms with Crippen LogP contribution < -0.4 is 15.8 Å². The standard InChI is InChI=1S/C24H26ClN3O3.2ClH/c1-13(29)19-12-27-21-8-3-14(15-10-20(25)24(30)22(11-15)31-2)9-18(21)23(19)28-17-6-4-16(26)5-7-17;;/h3,8-12,16-17,30H,4-7,26H2,1-2H3,(H,27,28);2*1H. The van der Waals surface area contributed by atoms with Crippen LogP contribution in [0.1, 0.15) is 43.0 Å². The molecule has 0 amide bonds. The highest BCUT2D eigenvalue weighted by Gasteiger charge is 2.22. The fraction of sp³-hybridized carbons (Fsp3) is 0.333. The van der Waals surface area contributed by atoms with Crippen molar-refractivity contribution in [3.63, 3.8) is 0 Å². The SMILES string of the molecule is COc1cc(-c2ccc3ncc(C(C)=O)c(NC4CCC(N)CC4)c3c2)cc(Cl)c1O.Cl.Cl. The van der Waals surface area contributed by atoms with Crippen molar-refractivity contribution in [3.05, 3.63) is 47.1 Å². The highest BCUT2D eigenvalue weighted by molar-refractivity contribution is 6.32. The van der Waals surface area contributed by atoms with E-state index in [1.54, 1.807) is 25.3 Å². The van der Waals surface area contributed by atoms with Gasteiger partial charge in [-0.05, 0) is 68.0 Å². The van der Waals surface area contributed by atoms with Crippen LogP contribution >= 0.6 is 36.4 Å². The predicted octanol–water partition coefficient (Wildman–Crippen LogP) is 6.00. The number of fused-ring (bicyclic) bond motifs is 1. The molecule has 1 heterocycles. The highest BCUT2D eigenvalue weighted by atomic mass is 35.5. The summed E-state index contributed by atoms with van der Waals surface area (Å²) in [5.74, 6) is 0.173. The smallest absolute Gasteiger partial charge is 0.176 e. The van der Waals surface area contributed by atoms with E-state index in [9.17, 15) is 9.90 Å². The Morgan fingerprint density at radius 1 is 1.15 bits per heavy atom. The molecule has 178 valence electrons. The molecule has 0 radical (unpaired) electrons. The van der Waals surface area contributed by atoms with Crippen LogP contribution in [-0.2, 0) is 0 Å². The summed E-state index contributed by atoms with van der Waals surface area (Å²) in [5, 5.41) is 14.7. The Morgan fingerprint density at radius 3 is 2.48 bits per heavy atom. The number of nitrogens with zero attached hydrogens (tertiary/aromatic N) is 1. The first-order chi connectivity index (χ1) is 14.9. The fourth-order valence-electron chi connectivity index (χ4n) is 4.16. The van der Waals surface area contributed by atoms with Crippen LogP contribution in [0, 0.1) is 0 Å². The first kappa shape index (κ1) is 27.0. The number of carbonyl (C=O) groups is 1. The van der Waals surface area contributed by atoms with Crippen molar-refractivity contribution in [2.75, 3.05) is 12.4 Å². The minimum absolute atomic E-state index is 0. The average Bonchev–Trinajstić information content (AvgIpc) is 2.76. The van der Waals surface area contributed by atoms with Gasteiger partial charge in [-0.1, -0.05) is 17.7 Å². The summed E-state index contributed by atoms with van der Waals surface area (Å²) in [7, 11) is 1.48. The zero-order chi connectivity index (χ0) is 22.1. The molecule has 3 aromatic rings. The number of nitrogens with one attached hydrogen (secondary N) is 1.